The van der Waals surface area contributed by atoms with Crippen molar-refractivity contribution < 1.29 is 9.21 Å². The molecule has 1 N–H and O–H groups in total. The molecule has 3 aromatic heterocycles. The molecule has 0 saturated carbocycles. The van der Waals surface area contributed by atoms with Crippen LogP contribution in [0.1, 0.15) is 5.76 Å². The number of carbonyl (C=O) groups excluding carboxylic acids is 1. The van der Waals surface area contributed by atoms with Crippen LogP contribution in [-0.2, 0) is 18.4 Å². The lowest BCUT2D eigenvalue weighted by Crippen LogP contribution is -2.49. The Bertz CT molecular complexity index is 883. The predicted molar refractivity (Wildman–Crippen MR) is 93.3 cm³/mol. The third-order valence-corrected chi connectivity index (χ3v) is 4.45. The Morgan fingerprint density at radius 2 is 2.12 bits per heavy atom. The summed E-state index contributed by atoms with van der Waals surface area (Å²) in [7, 11) is 1.81. The largest absolute Gasteiger partial charge is 0.467 e. The second-order valence-corrected chi connectivity index (χ2v) is 6.20. The van der Waals surface area contributed by atoms with Crippen LogP contribution in [0.2, 0.25) is 0 Å². The molecular formula is C16H20N8O2. The van der Waals surface area contributed by atoms with Crippen LogP contribution in [0.4, 0.5) is 5.82 Å². The third-order valence-electron chi connectivity index (χ3n) is 4.45. The number of piperazine rings is 1. The van der Waals surface area contributed by atoms with Crippen LogP contribution < -0.4 is 10.2 Å². The number of anilines is 1. The molecule has 26 heavy (non-hydrogen) atoms. The van der Waals surface area contributed by atoms with Crippen LogP contribution in [0.5, 0.6) is 0 Å². The number of fused-ring (bicyclic) bond motifs is 1. The van der Waals surface area contributed by atoms with Crippen LogP contribution in [0, 0.1) is 0 Å². The summed E-state index contributed by atoms with van der Waals surface area (Å²) < 4.78 is 6.85. The third kappa shape index (κ3) is 3.36. The molecule has 136 valence electrons. The Morgan fingerprint density at radius 3 is 2.88 bits per heavy atom. The van der Waals surface area contributed by atoms with Crippen LogP contribution in [0.3, 0.4) is 0 Å². The summed E-state index contributed by atoms with van der Waals surface area (Å²) in [6.45, 7) is 3.89. The van der Waals surface area contributed by atoms with Crippen LogP contribution >= 0.6 is 0 Å². The first kappa shape index (κ1) is 16.5. The van der Waals surface area contributed by atoms with Crippen molar-refractivity contribution in [3.8, 4) is 0 Å². The van der Waals surface area contributed by atoms with Crippen molar-refractivity contribution in [3.05, 3.63) is 30.5 Å². The van der Waals surface area contributed by atoms with Gasteiger partial charge in [0.05, 0.1) is 19.4 Å². The second-order valence-electron chi connectivity index (χ2n) is 6.20. The summed E-state index contributed by atoms with van der Waals surface area (Å²) in [6, 6.07) is 3.65. The highest BCUT2D eigenvalue weighted by Crippen LogP contribution is 2.21. The van der Waals surface area contributed by atoms with E-state index in [1.165, 1.54) is 6.33 Å². The van der Waals surface area contributed by atoms with Gasteiger partial charge in [-0.2, -0.15) is 0 Å². The van der Waals surface area contributed by atoms with Gasteiger partial charge < -0.3 is 14.6 Å². The highest BCUT2D eigenvalue weighted by Gasteiger charge is 2.22. The van der Waals surface area contributed by atoms with E-state index in [9.17, 15) is 4.79 Å². The lowest BCUT2D eigenvalue weighted by Gasteiger charge is -2.34. The Kier molecular flexibility index (Phi) is 4.48. The summed E-state index contributed by atoms with van der Waals surface area (Å²) in [4.78, 5) is 25.0. The van der Waals surface area contributed by atoms with Crippen LogP contribution in [0.25, 0.3) is 11.2 Å². The second kappa shape index (κ2) is 7.08. The molecule has 10 nitrogen and oxygen atoms in total. The molecule has 0 atom stereocenters. The van der Waals surface area contributed by atoms with E-state index in [0.717, 1.165) is 43.4 Å². The van der Waals surface area contributed by atoms with Crippen molar-refractivity contribution in [2.24, 2.45) is 7.05 Å². The fraction of sp³-hybridized carbons (Fsp3) is 0.438. The molecule has 0 radical (unpaired) electrons. The van der Waals surface area contributed by atoms with E-state index in [2.05, 4.69) is 35.4 Å². The molecule has 0 bridgehead atoms. The maximum atomic E-state index is 12.1. The summed E-state index contributed by atoms with van der Waals surface area (Å²) in [6.07, 6.45) is 3.14. The highest BCUT2D eigenvalue weighted by atomic mass is 16.3. The summed E-state index contributed by atoms with van der Waals surface area (Å²) in [5, 5.41) is 11.1. The zero-order valence-corrected chi connectivity index (χ0v) is 14.5. The van der Waals surface area contributed by atoms with E-state index in [-0.39, 0.29) is 5.91 Å². The molecule has 0 aliphatic carbocycles. The minimum atomic E-state index is -0.00629. The van der Waals surface area contributed by atoms with Gasteiger partial charge in [0.15, 0.2) is 17.0 Å². The summed E-state index contributed by atoms with van der Waals surface area (Å²) in [5.41, 5.74) is 1.43. The van der Waals surface area contributed by atoms with E-state index in [1.807, 2.05) is 19.2 Å². The van der Waals surface area contributed by atoms with Gasteiger partial charge in [0.2, 0.25) is 5.91 Å². The quantitative estimate of drug-likeness (QED) is 0.669. The topological polar surface area (TPSA) is 105 Å². The fourth-order valence-corrected chi connectivity index (χ4v) is 3.05. The van der Waals surface area contributed by atoms with Gasteiger partial charge in [0.1, 0.15) is 12.1 Å². The van der Waals surface area contributed by atoms with E-state index in [4.69, 9.17) is 4.42 Å². The number of nitrogens with one attached hydrogen (secondary N) is 1. The smallest absolute Gasteiger partial charge is 0.234 e. The molecule has 1 saturated heterocycles. The zero-order valence-electron chi connectivity index (χ0n) is 14.5. The van der Waals surface area contributed by atoms with Gasteiger partial charge in [-0.05, 0) is 12.1 Å². The molecule has 10 heteroatoms. The Labute approximate surface area is 149 Å². The number of aromatic nitrogens is 5. The molecule has 4 rings (SSSR count). The number of nitrogens with zero attached hydrogens (tertiary/aromatic N) is 7. The van der Waals surface area contributed by atoms with Crippen molar-refractivity contribution in [1.82, 2.24) is 35.2 Å². The minimum absolute atomic E-state index is 0.00629. The summed E-state index contributed by atoms with van der Waals surface area (Å²) >= 11 is 0. The Balaban J connectivity index is 1.31. The van der Waals surface area contributed by atoms with Gasteiger partial charge >= 0.3 is 0 Å². The number of furan rings is 1. The maximum Gasteiger partial charge on any atom is 0.234 e. The van der Waals surface area contributed by atoms with Crippen molar-refractivity contribution in [3.63, 3.8) is 0 Å². The SMILES string of the molecule is Cn1nnc2c(N3CCN(CC(=O)NCc4ccco4)CC3)ncnc21. The number of hydrogen-bond acceptors (Lipinski definition) is 8. The Morgan fingerprint density at radius 1 is 1.27 bits per heavy atom. The normalized spacial score (nSPS) is 15.5. The number of carbonyl (C=O) groups is 1. The van der Waals surface area contributed by atoms with Gasteiger partial charge in [-0.1, -0.05) is 5.21 Å². The predicted octanol–water partition coefficient (Wildman–Crippen LogP) is -0.210. The molecule has 1 amide bonds. The molecule has 4 heterocycles. The fourth-order valence-electron chi connectivity index (χ4n) is 3.05. The van der Waals surface area contributed by atoms with Gasteiger partial charge in [-0.25, -0.2) is 14.6 Å². The Hall–Kier alpha value is -3.01. The van der Waals surface area contributed by atoms with E-state index in [1.54, 1.807) is 10.9 Å². The average molecular weight is 356 g/mol. The molecular weight excluding hydrogens is 336 g/mol. The monoisotopic (exact) mass is 356 g/mol. The van der Waals surface area contributed by atoms with Gasteiger partial charge in [0, 0.05) is 33.2 Å². The average Bonchev–Trinajstić information content (AvgIpc) is 3.31. The molecule has 1 aliphatic heterocycles. The van der Waals surface area contributed by atoms with Crippen LogP contribution in [-0.4, -0.2) is 68.5 Å². The molecule has 1 fully saturated rings. The lowest BCUT2D eigenvalue weighted by molar-refractivity contribution is -0.122. The van der Waals surface area contributed by atoms with Gasteiger partial charge in [-0.15, -0.1) is 5.10 Å². The first-order valence-corrected chi connectivity index (χ1v) is 8.47. The van der Waals surface area contributed by atoms with Crippen molar-refractivity contribution in [2.45, 2.75) is 6.54 Å². The number of rotatable bonds is 5. The van der Waals surface area contributed by atoms with Gasteiger partial charge in [-0.3, -0.25) is 9.69 Å². The van der Waals surface area contributed by atoms with Crippen molar-refractivity contribution in [2.75, 3.05) is 37.6 Å². The first-order chi connectivity index (χ1) is 12.7. The van der Waals surface area contributed by atoms with E-state index in [0.29, 0.717) is 18.6 Å². The van der Waals surface area contributed by atoms with E-state index < -0.39 is 0 Å². The standard InChI is InChI=1S/C16H20N8O2/c1-22-15-14(20-21-22)16(19-11-18-15)24-6-4-23(5-7-24)10-13(25)17-9-12-3-2-8-26-12/h2-3,8,11H,4-7,9-10H2,1H3,(H,17,25). The molecule has 0 unspecified atom stereocenters. The van der Waals surface area contributed by atoms with Crippen molar-refractivity contribution >= 4 is 22.9 Å². The molecule has 1 aliphatic rings. The minimum Gasteiger partial charge on any atom is -0.467 e. The number of amides is 1. The lowest BCUT2D eigenvalue weighted by atomic mass is 10.3. The zero-order chi connectivity index (χ0) is 17.9. The summed E-state index contributed by atoms with van der Waals surface area (Å²) in [5.74, 6) is 1.54. The first-order valence-electron chi connectivity index (χ1n) is 8.47. The number of hydrogen-bond donors (Lipinski definition) is 1. The maximum absolute atomic E-state index is 12.1. The molecule has 3 aromatic rings. The van der Waals surface area contributed by atoms with E-state index >= 15 is 0 Å². The van der Waals surface area contributed by atoms with Gasteiger partial charge in [0.25, 0.3) is 0 Å². The van der Waals surface area contributed by atoms with Crippen LogP contribution in [0.15, 0.2) is 29.1 Å². The highest BCUT2D eigenvalue weighted by molar-refractivity contribution is 5.82. The molecule has 0 aromatic carbocycles. The molecule has 0 spiro atoms. The van der Waals surface area contributed by atoms with Crippen molar-refractivity contribution in [1.29, 1.82) is 0 Å². The number of aryl methyl sites for hydroxylation is 1.